The van der Waals surface area contributed by atoms with E-state index in [1.165, 1.54) is 85.0 Å². The van der Waals surface area contributed by atoms with Crippen molar-refractivity contribution < 1.29 is 43.8 Å². The van der Waals surface area contributed by atoms with Gasteiger partial charge in [-0.15, -0.1) is 0 Å². The van der Waals surface area contributed by atoms with Crippen LogP contribution < -0.4 is 9.47 Å². The zero-order valence-electron chi connectivity index (χ0n) is 32.3. The maximum absolute atomic E-state index is 15.0. The van der Waals surface area contributed by atoms with Crippen molar-refractivity contribution in [2.24, 2.45) is 0 Å². The number of halogens is 1. The number of phenolic OH excluding ortho intramolecular Hbond substituents is 2. The molecule has 1 unspecified atom stereocenters. The number of ether oxygens (including phenoxy) is 4. The SMILES string of the molecule is CCCCCCCCCC[C@H](O)[C@@H]1CC[C@@H]([C@@H]2CC[C@@H](C(O)CCCCCCCCCCC/C=C(\[18F])c3c(C)c(O)c(OC)c(OC)c3O)O2)O1. The van der Waals surface area contributed by atoms with Crippen LogP contribution in [0.1, 0.15) is 172 Å². The maximum atomic E-state index is 15.0. The first-order chi connectivity index (χ1) is 24.7. The normalized spacial score (nSPS) is 22.1. The molecule has 0 saturated carbocycles. The molecular weight excluding hydrogens is 650 g/mol. The van der Waals surface area contributed by atoms with Gasteiger partial charge in [0.15, 0.2) is 11.5 Å². The molecule has 2 heterocycles. The summed E-state index contributed by atoms with van der Waals surface area (Å²) in [6.07, 6.45) is 26.2. The van der Waals surface area contributed by atoms with Gasteiger partial charge in [-0.2, -0.15) is 0 Å². The van der Waals surface area contributed by atoms with Gasteiger partial charge in [0.2, 0.25) is 11.5 Å². The number of allylic oxidation sites excluding steroid dienone is 1. The Hall–Kier alpha value is -2.07. The zero-order valence-corrected chi connectivity index (χ0v) is 32.3. The van der Waals surface area contributed by atoms with Crippen LogP contribution >= 0.6 is 0 Å². The third-order valence-corrected chi connectivity index (χ3v) is 11.1. The van der Waals surface area contributed by atoms with E-state index in [2.05, 4.69) is 6.92 Å². The number of phenols is 2. The third kappa shape index (κ3) is 14.0. The van der Waals surface area contributed by atoms with Gasteiger partial charge in [0, 0.05) is 5.56 Å². The summed E-state index contributed by atoms with van der Waals surface area (Å²) < 4.78 is 37.8. The van der Waals surface area contributed by atoms with Crippen LogP contribution in [0, 0.1) is 6.92 Å². The van der Waals surface area contributed by atoms with E-state index in [4.69, 9.17) is 18.9 Å². The smallest absolute Gasteiger partial charge is 0.207 e. The number of rotatable bonds is 27. The molecule has 0 spiro atoms. The van der Waals surface area contributed by atoms with E-state index in [1.807, 2.05) is 0 Å². The predicted octanol–water partition coefficient (Wildman–Crippen LogP) is 10.4. The molecule has 2 aliphatic rings. The van der Waals surface area contributed by atoms with Gasteiger partial charge in [-0.05, 0) is 64.4 Å². The van der Waals surface area contributed by atoms with Crippen LogP contribution in [0.2, 0.25) is 0 Å². The molecule has 0 amide bonds. The number of unbranched alkanes of at least 4 members (excludes halogenated alkanes) is 16. The average Bonchev–Trinajstić information content (AvgIpc) is 3.82. The number of aromatic hydroxyl groups is 2. The number of aliphatic hydroxyl groups excluding tert-OH is 2. The first kappa shape index (κ1) is 43.3. The third-order valence-electron chi connectivity index (χ3n) is 11.1. The van der Waals surface area contributed by atoms with E-state index in [0.717, 1.165) is 89.9 Å². The molecule has 0 radical (unpaired) electrons. The highest BCUT2D eigenvalue weighted by molar-refractivity contribution is 5.77. The fraction of sp³-hybridized carbons (Fsp3) is 0.810. The second-order valence-corrected chi connectivity index (χ2v) is 15.1. The summed E-state index contributed by atoms with van der Waals surface area (Å²) in [5, 5.41) is 42.4. The number of hydrogen-bond acceptors (Lipinski definition) is 8. The topological polar surface area (TPSA) is 118 Å². The molecule has 2 aliphatic heterocycles. The largest absolute Gasteiger partial charge is 0.504 e. The molecule has 0 bridgehead atoms. The number of benzene rings is 1. The van der Waals surface area contributed by atoms with Gasteiger partial charge in [0.1, 0.15) is 5.83 Å². The Kier molecular flexibility index (Phi) is 20.6. The van der Waals surface area contributed by atoms with Gasteiger partial charge < -0.3 is 39.4 Å². The minimum absolute atomic E-state index is 0.0146. The molecule has 2 saturated heterocycles. The lowest BCUT2D eigenvalue weighted by Gasteiger charge is -2.24. The fourth-order valence-corrected chi connectivity index (χ4v) is 7.88. The molecule has 9 heteroatoms. The number of hydrogen-bond donors (Lipinski definition) is 4. The van der Waals surface area contributed by atoms with E-state index in [-0.39, 0.29) is 64.6 Å². The first-order valence-electron chi connectivity index (χ1n) is 20.4. The Morgan fingerprint density at radius 3 is 1.53 bits per heavy atom. The lowest BCUT2D eigenvalue weighted by atomic mass is 10.0. The monoisotopic (exact) mass is 722 g/mol. The summed E-state index contributed by atoms with van der Waals surface area (Å²) in [6.45, 7) is 3.78. The number of aliphatic hydroxyl groups is 2. The van der Waals surface area contributed by atoms with Crippen LogP contribution in [0.5, 0.6) is 23.0 Å². The Balaban J connectivity index is 1.18. The lowest BCUT2D eigenvalue weighted by molar-refractivity contribution is -0.110. The molecule has 1 aromatic rings. The molecule has 2 fully saturated rings. The molecule has 8 nitrogen and oxygen atoms in total. The maximum Gasteiger partial charge on any atom is 0.207 e. The standard InChI is InChI=1S/C42H71FO8/c1-5-6-7-8-9-15-18-21-24-32(44)34-26-28-36(50-34)37-29-27-35(51-37)33(45)25-22-19-16-13-11-10-12-14-17-20-23-31(43)38-30(2)39(46)41(48-3)42(49-4)40(38)47/h23,32-37,44-47H,5-22,24-29H2,1-4H3/b31-23-/t32-,33?,34-,35-,36-,37-/m0/s1/i43-1. The summed E-state index contributed by atoms with van der Waals surface area (Å²) >= 11 is 0. The van der Waals surface area contributed by atoms with Crippen LogP contribution in [0.4, 0.5) is 4.39 Å². The van der Waals surface area contributed by atoms with E-state index < -0.39 is 11.9 Å². The highest BCUT2D eigenvalue weighted by atomic mass is 18.2. The van der Waals surface area contributed by atoms with Gasteiger partial charge in [0.25, 0.3) is 0 Å². The molecular formula is C42H71FO8. The van der Waals surface area contributed by atoms with Crippen molar-refractivity contribution in [2.45, 2.75) is 205 Å². The molecule has 51 heavy (non-hydrogen) atoms. The van der Waals surface area contributed by atoms with Crippen molar-refractivity contribution in [3.8, 4) is 23.0 Å². The quantitative estimate of drug-likeness (QED) is 0.0524. The molecule has 6 atom stereocenters. The van der Waals surface area contributed by atoms with Crippen molar-refractivity contribution in [3.05, 3.63) is 17.2 Å². The van der Waals surface area contributed by atoms with E-state index in [9.17, 15) is 24.8 Å². The van der Waals surface area contributed by atoms with Crippen LogP contribution in [0.25, 0.3) is 5.83 Å². The Morgan fingerprint density at radius 1 is 0.667 bits per heavy atom. The first-order valence-corrected chi connectivity index (χ1v) is 20.4. The Bertz CT molecular complexity index is 1140. The van der Waals surface area contributed by atoms with Gasteiger partial charge in [-0.3, -0.25) is 0 Å². The summed E-state index contributed by atoms with van der Waals surface area (Å²) in [6, 6.07) is 0. The van der Waals surface area contributed by atoms with Gasteiger partial charge in [-0.1, -0.05) is 110 Å². The molecule has 0 aliphatic carbocycles. The summed E-state index contributed by atoms with van der Waals surface area (Å²) in [7, 11) is 2.68. The minimum Gasteiger partial charge on any atom is -0.504 e. The van der Waals surface area contributed by atoms with Crippen LogP contribution in [0.3, 0.4) is 0 Å². The Labute approximate surface area is 308 Å². The van der Waals surface area contributed by atoms with E-state index in [0.29, 0.717) is 6.42 Å². The summed E-state index contributed by atoms with van der Waals surface area (Å²) in [5.41, 5.74) is 0.142. The highest BCUT2D eigenvalue weighted by Gasteiger charge is 2.40. The van der Waals surface area contributed by atoms with Crippen LogP contribution in [-0.2, 0) is 9.47 Å². The van der Waals surface area contributed by atoms with Crippen molar-refractivity contribution in [1.29, 1.82) is 0 Å². The van der Waals surface area contributed by atoms with Crippen molar-refractivity contribution in [1.82, 2.24) is 0 Å². The van der Waals surface area contributed by atoms with E-state index >= 15 is 0 Å². The second kappa shape index (κ2) is 24.3. The van der Waals surface area contributed by atoms with Crippen molar-refractivity contribution in [2.75, 3.05) is 14.2 Å². The van der Waals surface area contributed by atoms with E-state index in [1.54, 1.807) is 0 Å². The van der Waals surface area contributed by atoms with Crippen LogP contribution in [0.15, 0.2) is 6.08 Å². The molecule has 4 N–H and O–H groups in total. The van der Waals surface area contributed by atoms with Gasteiger partial charge in [0.05, 0.1) is 56.4 Å². The molecule has 1 aromatic carbocycles. The molecule has 3 rings (SSSR count). The summed E-state index contributed by atoms with van der Waals surface area (Å²) in [5.74, 6) is -1.31. The average molecular weight is 722 g/mol. The molecule has 294 valence electrons. The lowest BCUT2D eigenvalue weighted by Crippen LogP contribution is -2.33. The fourth-order valence-electron chi connectivity index (χ4n) is 7.88. The second-order valence-electron chi connectivity index (χ2n) is 15.1. The van der Waals surface area contributed by atoms with Gasteiger partial charge >= 0.3 is 0 Å². The summed E-state index contributed by atoms with van der Waals surface area (Å²) in [4.78, 5) is 0. The molecule has 0 aromatic heterocycles. The Morgan fingerprint density at radius 2 is 1.08 bits per heavy atom. The minimum atomic E-state index is -0.581. The van der Waals surface area contributed by atoms with Crippen molar-refractivity contribution in [3.63, 3.8) is 0 Å². The van der Waals surface area contributed by atoms with Crippen molar-refractivity contribution >= 4 is 5.83 Å². The number of methoxy groups -OCH3 is 2. The van der Waals surface area contributed by atoms with Gasteiger partial charge in [-0.25, -0.2) is 4.39 Å². The predicted molar refractivity (Wildman–Crippen MR) is 203 cm³/mol. The highest BCUT2D eigenvalue weighted by Crippen LogP contribution is 2.50. The van der Waals surface area contributed by atoms with Crippen LogP contribution in [-0.4, -0.2) is 71.3 Å². The zero-order chi connectivity index (χ0) is 37.0.